The van der Waals surface area contributed by atoms with Gasteiger partial charge in [0.1, 0.15) is 0 Å². The van der Waals surface area contributed by atoms with E-state index in [2.05, 4.69) is 5.32 Å². The first-order valence-electron chi connectivity index (χ1n) is 7.38. The van der Waals surface area contributed by atoms with Crippen molar-refractivity contribution >= 4 is 11.8 Å². The summed E-state index contributed by atoms with van der Waals surface area (Å²) in [5, 5.41) is 2.81. The fourth-order valence-electron chi connectivity index (χ4n) is 2.02. The van der Waals surface area contributed by atoms with Crippen LogP contribution in [-0.2, 0) is 11.3 Å². The van der Waals surface area contributed by atoms with Crippen molar-refractivity contribution in [1.29, 1.82) is 0 Å². The minimum atomic E-state index is -0.140. The number of hydrogen-bond acceptors (Lipinski definition) is 3. The molecule has 1 aromatic carbocycles. The molecule has 0 aliphatic carbocycles. The Labute approximate surface area is 126 Å². The minimum absolute atomic E-state index is 0.0348. The Kier molecular flexibility index (Phi) is 6.88. The highest BCUT2D eigenvalue weighted by Crippen LogP contribution is 2.08. The molecule has 0 saturated carbocycles. The molecule has 0 aromatic heterocycles. The maximum absolute atomic E-state index is 12.1. The number of amides is 2. The molecule has 21 heavy (non-hydrogen) atoms. The summed E-state index contributed by atoms with van der Waals surface area (Å²) < 4.78 is 0. The SMILES string of the molecule is CCN(CC)C(=O)c1ccc(CNC(=O)CC(C)N)cc1. The average molecular weight is 291 g/mol. The molecule has 1 unspecified atom stereocenters. The third-order valence-corrected chi connectivity index (χ3v) is 3.25. The summed E-state index contributed by atoms with van der Waals surface area (Å²) in [4.78, 5) is 25.4. The van der Waals surface area contributed by atoms with Gasteiger partial charge in [0, 0.05) is 37.7 Å². The van der Waals surface area contributed by atoms with Crippen molar-refractivity contribution in [2.75, 3.05) is 13.1 Å². The summed E-state index contributed by atoms with van der Waals surface area (Å²) in [7, 11) is 0. The molecule has 1 atom stereocenters. The second-order valence-electron chi connectivity index (χ2n) is 5.13. The third-order valence-electron chi connectivity index (χ3n) is 3.25. The molecule has 1 aromatic rings. The van der Waals surface area contributed by atoms with Crippen molar-refractivity contribution in [1.82, 2.24) is 10.2 Å². The van der Waals surface area contributed by atoms with E-state index in [4.69, 9.17) is 5.73 Å². The first-order valence-corrected chi connectivity index (χ1v) is 7.38. The van der Waals surface area contributed by atoms with Crippen LogP contribution in [0.3, 0.4) is 0 Å². The lowest BCUT2D eigenvalue weighted by Crippen LogP contribution is -2.30. The van der Waals surface area contributed by atoms with Crippen LogP contribution in [0.2, 0.25) is 0 Å². The lowest BCUT2D eigenvalue weighted by Gasteiger charge is -2.18. The summed E-state index contributed by atoms with van der Waals surface area (Å²) in [5.41, 5.74) is 7.20. The molecule has 116 valence electrons. The van der Waals surface area contributed by atoms with Crippen molar-refractivity contribution in [2.45, 2.75) is 39.8 Å². The van der Waals surface area contributed by atoms with Gasteiger partial charge < -0.3 is 16.0 Å². The molecule has 0 heterocycles. The highest BCUT2D eigenvalue weighted by Gasteiger charge is 2.12. The van der Waals surface area contributed by atoms with Crippen molar-refractivity contribution in [3.63, 3.8) is 0 Å². The Balaban J connectivity index is 2.58. The molecular weight excluding hydrogens is 266 g/mol. The van der Waals surface area contributed by atoms with E-state index < -0.39 is 0 Å². The molecule has 0 aliphatic rings. The van der Waals surface area contributed by atoms with Gasteiger partial charge in [-0.3, -0.25) is 9.59 Å². The van der Waals surface area contributed by atoms with Crippen LogP contribution in [0.5, 0.6) is 0 Å². The van der Waals surface area contributed by atoms with Crippen LogP contribution in [0.4, 0.5) is 0 Å². The Morgan fingerprint density at radius 3 is 2.24 bits per heavy atom. The fourth-order valence-corrected chi connectivity index (χ4v) is 2.02. The molecule has 2 amide bonds. The first-order chi connectivity index (χ1) is 9.97. The normalized spacial score (nSPS) is 11.8. The summed E-state index contributed by atoms with van der Waals surface area (Å²) in [6, 6.07) is 7.19. The van der Waals surface area contributed by atoms with Gasteiger partial charge in [-0.2, -0.15) is 0 Å². The number of nitrogens with zero attached hydrogens (tertiary/aromatic N) is 1. The zero-order valence-electron chi connectivity index (χ0n) is 13.1. The number of nitrogens with one attached hydrogen (secondary N) is 1. The van der Waals surface area contributed by atoms with E-state index in [-0.39, 0.29) is 17.9 Å². The standard InChI is InChI=1S/C16H25N3O2/c1-4-19(5-2)16(21)14-8-6-13(7-9-14)11-18-15(20)10-12(3)17/h6-9,12H,4-5,10-11,17H2,1-3H3,(H,18,20). The number of nitrogens with two attached hydrogens (primary N) is 1. The largest absolute Gasteiger partial charge is 0.352 e. The monoisotopic (exact) mass is 291 g/mol. The Hall–Kier alpha value is -1.88. The highest BCUT2D eigenvalue weighted by atomic mass is 16.2. The highest BCUT2D eigenvalue weighted by molar-refractivity contribution is 5.94. The lowest BCUT2D eigenvalue weighted by molar-refractivity contribution is -0.121. The summed E-state index contributed by atoms with van der Waals surface area (Å²) in [6.07, 6.45) is 0.318. The van der Waals surface area contributed by atoms with Crippen LogP contribution in [0.25, 0.3) is 0 Å². The van der Waals surface area contributed by atoms with E-state index in [0.29, 0.717) is 31.6 Å². The van der Waals surface area contributed by atoms with Crippen LogP contribution in [0.15, 0.2) is 24.3 Å². The quantitative estimate of drug-likeness (QED) is 0.800. The zero-order valence-corrected chi connectivity index (χ0v) is 13.1. The van der Waals surface area contributed by atoms with Crippen molar-refractivity contribution in [3.05, 3.63) is 35.4 Å². The van der Waals surface area contributed by atoms with Gasteiger partial charge in [-0.25, -0.2) is 0 Å². The molecular formula is C16H25N3O2. The van der Waals surface area contributed by atoms with Gasteiger partial charge in [-0.1, -0.05) is 12.1 Å². The van der Waals surface area contributed by atoms with Gasteiger partial charge in [-0.05, 0) is 38.5 Å². The number of rotatable bonds is 7. The molecule has 5 heteroatoms. The second kappa shape index (κ2) is 8.42. The summed E-state index contributed by atoms with van der Waals surface area (Å²) in [5.74, 6) is -0.0270. The Bertz CT molecular complexity index is 465. The summed E-state index contributed by atoms with van der Waals surface area (Å²) in [6.45, 7) is 7.57. The molecule has 0 radical (unpaired) electrons. The van der Waals surface area contributed by atoms with Crippen molar-refractivity contribution in [3.8, 4) is 0 Å². The number of carbonyl (C=O) groups is 2. The van der Waals surface area contributed by atoms with Crippen molar-refractivity contribution in [2.24, 2.45) is 5.73 Å². The van der Waals surface area contributed by atoms with E-state index in [9.17, 15) is 9.59 Å². The van der Waals surface area contributed by atoms with Gasteiger partial charge in [0.05, 0.1) is 0 Å². The van der Waals surface area contributed by atoms with Gasteiger partial charge >= 0.3 is 0 Å². The number of benzene rings is 1. The van der Waals surface area contributed by atoms with E-state index in [1.165, 1.54) is 0 Å². The van der Waals surface area contributed by atoms with Gasteiger partial charge in [-0.15, -0.1) is 0 Å². The summed E-state index contributed by atoms with van der Waals surface area (Å²) >= 11 is 0. The van der Waals surface area contributed by atoms with E-state index in [1.54, 1.807) is 24.0 Å². The van der Waals surface area contributed by atoms with E-state index in [0.717, 1.165) is 5.56 Å². The molecule has 1 rings (SSSR count). The maximum Gasteiger partial charge on any atom is 0.253 e. The molecule has 0 aliphatic heterocycles. The van der Waals surface area contributed by atoms with Gasteiger partial charge in [0.25, 0.3) is 5.91 Å². The first kappa shape index (κ1) is 17.2. The molecule has 0 fully saturated rings. The van der Waals surface area contributed by atoms with Crippen LogP contribution in [0, 0.1) is 0 Å². The molecule has 0 bridgehead atoms. The number of carbonyl (C=O) groups excluding carboxylic acids is 2. The third kappa shape index (κ3) is 5.55. The Morgan fingerprint density at radius 2 is 1.76 bits per heavy atom. The number of hydrogen-bond donors (Lipinski definition) is 2. The topological polar surface area (TPSA) is 75.4 Å². The maximum atomic E-state index is 12.1. The second-order valence-corrected chi connectivity index (χ2v) is 5.13. The predicted octanol–water partition coefficient (Wildman–Crippen LogP) is 1.52. The zero-order chi connectivity index (χ0) is 15.8. The predicted molar refractivity (Wildman–Crippen MR) is 83.8 cm³/mol. The van der Waals surface area contributed by atoms with Crippen LogP contribution in [-0.4, -0.2) is 35.8 Å². The minimum Gasteiger partial charge on any atom is -0.352 e. The molecule has 5 nitrogen and oxygen atoms in total. The fraction of sp³-hybridized carbons (Fsp3) is 0.500. The molecule has 0 saturated heterocycles. The van der Waals surface area contributed by atoms with Crippen LogP contribution in [0.1, 0.15) is 43.1 Å². The van der Waals surface area contributed by atoms with E-state index in [1.807, 2.05) is 26.0 Å². The van der Waals surface area contributed by atoms with Gasteiger partial charge in [0.2, 0.25) is 5.91 Å². The average Bonchev–Trinajstić information content (AvgIpc) is 2.46. The van der Waals surface area contributed by atoms with Crippen molar-refractivity contribution < 1.29 is 9.59 Å². The van der Waals surface area contributed by atoms with Crippen LogP contribution >= 0.6 is 0 Å². The Morgan fingerprint density at radius 1 is 1.19 bits per heavy atom. The van der Waals surface area contributed by atoms with Gasteiger partial charge in [0.15, 0.2) is 0 Å². The lowest BCUT2D eigenvalue weighted by atomic mass is 10.1. The molecule has 3 N–H and O–H groups in total. The smallest absolute Gasteiger partial charge is 0.253 e. The van der Waals surface area contributed by atoms with E-state index >= 15 is 0 Å². The van der Waals surface area contributed by atoms with Crippen LogP contribution < -0.4 is 11.1 Å². The molecule has 0 spiro atoms.